The highest BCUT2D eigenvalue weighted by Gasteiger charge is 2.36. The number of rotatable bonds is 7. The largest absolute Gasteiger partial charge is 0.454 e. The van der Waals surface area contributed by atoms with E-state index in [1.807, 2.05) is 35.2 Å². The van der Waals surface area contributed by atoms with E-state index in [2.05, 4.69) is 5.32 Å². The fraction of sp³-hybridized carbons (Fsp3) is 0.464. The zero-order valence-electron chi connectivity index (χ0n) is 20.9. The lowest BCUT2D eigenvalue weighted by atomic mass is 9.87. The number of aryl methyl sites for hydroxylation is 1. The quantitative estimate of drug-likeness (QED) is 0.618. The number of benzene rings is 2. The van der Waals surface area contributed by atoms with Gasteiger partial charge in [0.2, 0.25) is 18.6 Å². The van der Waals surface area contributed by atoms with Crippen LogP contribution in [-0.2, 0) is 20.7 Å². The summed E-state index contributed by atoms with van der Waals surface area (Å²) >= 11 is 0. The summed E-state index contributed by atoms with van der Waals surface area (Å²) < 4.78 is 16.2. The number of fused-ring (bicyclic) bond motifs is 1. The van der Waals surface area contributed by atoms with Crippen LogP contribution in [0.25, 0.3) is 0 Å². The fourth-order valence-electron chi connectivity index (χ4n) is 5.16. The van der Waals surface area contributed by atoms with E-state index >= 15 is 0 Å². The van der Waals surface area contributed by atoms with E-state index in [0.29, 0.717) is 82.1 Å². The molecule has 3 amide bonds. The number of nitrogens with zero attached hydrogens (tertiary/aromatic N) is 2. The molecular formula is C28H33N3O6. The Morgan fingerprint density at radius 1 is 0.892 bits per heavy atom. The van der Waals surface area contributed by atoms with E-state index in [4.69, 9.17) is 14.2 Å². The number of nitrogens with one attached hydrogen (secondary N) is 1. The molecule has 9 heteroatoms. The predicted molar refractivity (Wildman–Crippen MR) is 135 cm³/mol. The molecule has 0 aliphatic carbocycles. The van der Waals surface area contributed by atoms with Crippen molar-refractivity contribution in [2.24, 2.45) is 5.92 Å². The third kappa shape index (κ3) is 6.05. The molecule has 1 N–H and O–H groups in total. The van der Waals surface area contributed by atoms with Crippen LogP contribution in [0, 0.1) is 5.92 Å². The Morgan fingerprint density at radius 3 is 2.38 bits per heavy atom. The van der Waals surface area contributed by atoms with E-state index in [9.17, 15) is 14.4 Å². The summed E-state index contributed by atoms with van der Waals surface area (Å²) in [6.45, 7) is 3.27. The third-order valence-electron chi connectivity index (χ3n) is 7.34. The molecule has 2 fully saturated rings. The van der Waals surface area contributed by atoms with Crippen molar-refractivity contribution in [3.8, 4) is 11.5 Å². The number of hydrogen-bond donors (Lipinski definition) is 1. The van der Waals surface area contributed by atoms with Gasteiger partial charge in [0.1, 0.15) is 6.04 Å². The van der Waals surface area contributed by atoms with E-state index in [0.717, 1.165) is 5.56 Å². The molecule has 2 aromatic carbocycles. The number of ether oxygens (including phenoxy) is 3. The zero-order valence-corrected chi connectivity index (χ0v) is 20.9. The molecule has 2 saturated heterocycles. The van der Waals surface area contributed by atoms with Gasteiger partial charge in [-0.1, -0.05) is 30.3 Å². The van der Waals surface area contributed by atoms with Gasteiger partial charge in [-0.15, -0.1) is 0 Å². The van der Waals surface area contributed by atoms with Crippen LogP contribution in [0.2, 0.25) is 0 Å². The maximum absolute atomic E-state index is 13.6. The van der Waals surface area contributed by atoms with Gasteiger partial charge < -0.3 is 29.3 Å². The summed E-state index contributed by atoms with van der Waals surface area (Å²) in [6.07, 6.45) is 2.48. The van der Waals surface area contributed by atoms with E-state index in [1.54, 1.807) is 23.1 Å². The summed E-state index contributed by atoms with van der Waals surface area (Å²) in [5, 5.41) is 3.01. The molecular weight excluding hydrogens is 474 g/mol. The Bertz CT molecular complexity index is 1110. The maximum atomic E-state index is 13.6. The monoisotopic (exact) mass is 507 g/mol. The maximum Gasteiger partial charge on any atom is 0.252 e. The van der Waals surface area contributed by atoms with Crippen LogP contribution in [-0.4, -0.2) is 79.7 Å². The molecule has 3 aliphatic rings. The van der Waals surface area contributed by atoms with E-state index in [1.165, 1.54) is 0 Å². The standard InChI is InChI=1S/C28H33N3O6/c32-25(9-6-20-4-2-1-3-5-20)30-12-10-21(11-13-30)26(28(34)31-14-16-35-17-15-31)29-27(33)22-7-8-23-24(18-22)37-19-36-23/h1-5,7-8,18,21,26H,6,9-17,19H2,(H,29,33)/t26-/m1/s1. The van der Waals surface area contributed by atoms with Crippen LogP contribution in [0.3, 0.4) is 0 Å². The van der Waals surface area contributed by atoms with Gasteiger partial charge in [-0.05, 0) is 48.9 Å². The van der Waals surface area contributed by atoms with Crippen LogP contribution in [0.1, 0.15) is 35.2 Å². The lowest BCUT2D eigenvalue weighted by molar-refractivity contribution is -0.139. The van der Waals surface area contributed by atoms with Crippen LogP contribution >= 0.6 is 0 Å². The lowest BCUT2D eigenvalue weighted by Gasteiger charge is -2.38. The summed E-state index contributed by atoms with van der Waals surface area (Å²) in [6, 6.07) is 14.3. The van der Waals surface area contributed by atoms with Crippen LogP contribution < -0.4 is 14.8 Å². The summed E-state index contributed by atoms with van der Waals surface area (Å²) in [4.78, 5) is 43.3. The molecule has 0 spiro atoms. The smallest absolute Gasteiger partial charge is 0.252 e. The van der Waals surface area contributed by atoms with Crippen LogP contribution in [0.15, 0.2) is 48.5 Å². The molecule has 2 aromatic rings. The fourth-order valence-corrected chi connectivity index (χ4v) is 5.16. The highest BCUT2D eigenvalue weighted by Crippen LogP contribution is 2.32. The van der Waals surface area contributed by atoms with Crippen molar-refractivity contribution in [1.82, 2.24) is 15.1 Å². The SMILES string of the molecule is O=C(N[C@@H](C(=O)N1CCOCC1)C1CCN(C(=O)CCc2ccccc2)CC1)c1ccc2c(c1)OCO2. The minimum absolute atomic E-state index is 0.0634. The number of carbonyl (C=O) groups excluding carboxylic acids is 3. The molecule has 196 valence electrons. The molecule has 0 radical (unpaired) electrons. The second kappa shape index (κ2) is 11.6. The molecule has 9 nitrogen and oxygen atoms in total. The summed E-state index contributed by atoms with van der Waals surface area (Å²) in [5.41, 5.74) is 1.56. The number of morpholine rings is 1. The highest BCUT2D eigenvalue weighted by atomic mass is 16.7. The van der Waals surface area contributed by atoms with Crippen LogP contribution in [0.4, 0.5) is 0 Å². The number of carbonyl (C=O) groups is 3. The number of amides is 3. The Kier molecular flexibility index (Phi) is 7.89. The van der Waals surface area contributed by atoms with Crippen molar-refractivity contribution in [1.29, 1.82) is 0 Å². The first-order valence-corrected chi connectivity index (χ1v) is 13.0. The highest BCUT2D eigenvalue weighted by molar-refractivity contribution is 5.98. The van der Waals surface area contributed by atoms with Gasteiger partial charge in [-0.2, -0.15) is 0 Å². The molecule has 1 atom stereocenters. The number of likely N-dealkylation sites (tertiary alicyclic amines) is 1. The topological polar surface area (TPSA) is 97.4 Å². The Hall–Kier alpha value is -3.59. The molecule has 0 saturated carbocycles. The van der Waals surface area contributed by atoms with Crippen molar-refractivity contribution in [3.63, 3.8) is 0 Å². The average Bonchev–Trinajstić information content (AvgIpc) is 3.43. The molecule has 3 heterocycles. The molecule has 0 aromatic heterocycles. The third-order valence-corrected chi connectivity index (χ3v) is 7.34. The van der Waals surface area contributed by atoms with E-state index in [-0.39, 0.29) is 30.4 Å². The molecule has 37 heavy (non-hydrogen) atoms. The van der Waals surface area contributed by atoms with Gasteiger partial charge in [0.25, 0.3) is 5.91 Å². The average molecular weight is 508 g/mol. The first kappa shape index (κ1) is 25.1. The Balaban J connectivity index is 1.23. The Labute approximate surface area is 216 Å². The first-order chi connectivity index (χ1) is 18.1. The molecule has 3 aliphatic heterocycles. The minimum Gasteiger partial charge on any atom is -0.454 e. The summed E-state index contributed by atoms with van der Waals surface area (Å²) in [5.74, 6) is 0.764. The predicted octanol–water partition coefficient (Wildman–Crippen LogP) is 2.24. The first-order valence-electron chi connectivity index (χ1n) is 13.0. The van der Waals surface area contributed by atoms with Gasteiger partial charge in [-0.25, -0.2) is 0 Å². The zero-order chi connectivity index (χ0) is 25.6. The van der Waals surface area contributed by atoms with Gasteiger partial charge in [0.15, 0.2) is 11.5 Å². The van der Waals surface area contributed by atoms with Crippen molar-refractivity contribution in [3.05, 3.63) is 59.7 Å². The molecule has 0 bridgehead atoms. The van der Waals surface area contributed by atoms with Crippen molar-refractivity contribution in [2.45, 2.75) is 31.7 Å². The minimum atomic E-state index is -0.669. The van der Waals surface area contributed by atoms with Crippen molar-refractivity contribution >= 4 is 17.7 Å². The second-order valence-electron chi connectivity index (χ2n) is 9.66. The van der Waals surface area contributed by atoms with Crippen molar-refractivity contribution in [2.75, 3.05) is 46.2 Å². The van der Waals surface area contributed by atoms with Gasteiger partial charge in [0, 0.05) is 38.2 Å². The van der Waals surface area contributed by atoms with Crippen LogP contribution in [0.5, 0.6) is 11.5 Å². The van der Waals surface area contributed by atoms with Crippen molar-refractivity contribution < 1.29 is 28.6 Å². The summed E-state index contributed by atoms with van der Waals surface area (Å²) in [7, 11) is 0. The normalized spacial score (nSPS) is 18.4. The molecule has 5 rings (SSSR count). The number of hydrogen-bond acceptors (Lipinski definition) is 6. The van der Waals surface area contributed by atoms with E-state index < -0.39 is 6.04 Å². The number of piperidine rings is 1. The van der Waals surface area contributed by atoms with Gasteiger partial charge in [-0.3, -0.25) is 14.4 Å². The Morgan fingerprint density at radius 2 is 1.62 bits per heavy atom. The van der Waals surface area contributed by atoms with Gasteiger partial charge >= 0.3 is 0 Å². The molecule has 0 unspecified atom stereocenters. The lowest BCUT2D eigenvalue weighted by Crippen LogP contribution is -2.56. The second-order valence-corrected chi connectivity index (χ2v) is 9.66. The van der Waals surface area contributed by atoms with Gasteiger partial charge in [0.05, 0.1) is 13.2 Å².